The number of carbonyl (C=O) groups is 3. The summed E-state index contributed by atoms with van der Waals surface area (Å²) in [7, 11) is 3.28. The molecule has 6 nitrogen and oxygen atoms in total. The van der Waals surface area contributed by atoms with E-state index >= 15 is 0 Å². The fraction of sp³-hybridized carbons (Fsp3) is 0.562. The Morgan fingerprint density at radius 3 is 2.35 bits per heavy atom. The van der Waals surface area contributed by atoms with E-state index in [0.29, 0.717) is 21.9 Å². The number of ether oxygens (including phenoxy) is 1. The van der Waals surface area contributed by atoms with Crippen LogP contribution in [0.15, 0.2) is 0 Å². The summed E-state index contributed by atoms with van der Waals surface area (Å²) in [5, 5.41) is 3.12. The molecule has 7 heteroatoms. The van der Waals surface area contributed by atoms with Gasteiger partial charge in [-0.3, -0.25) is 9.59 Å². The molecule has 0 aliphatic rings. The van der Waals surface area contributed by atoms with Gasteiger partial charge in [0, 0.05) is 20.5 Å². The van der Waals surface area contributed by atoms with Crippen molar-refractivity contribution in [1.82, 2.24) is 4.90 Å². The summed E-state index contributed by atoms with van der Waals surface area (Å²) in [4.78, 5) is 38.3. The highest BCUT2D eigenvalue weighted by Crippen LogP contribution is 2.34. The van der Waals surface area contributed by atoms with Crippen LogP contribution < -0.4 is 5.32 Å². The Bertz CT molecular complexity index is 605. The Morgan fingerprint density at radius 2 is 1.87 bits per heavy atom. The molecule has 0 fully saturated rings. The van der Waals surface area contributed by atoms with E-state index in [1.54, 1.807) is 27.9 Å². The van der Waals surface area contributed by atoms with Crippen molar-refractivity contribution in [2.24, 2.45) is 5.92 Å². The first-order valence-electron chi connectivity index (χ1n) is 7.51. The minimum Gasteiger partial charge on any atom is -0.462 e. The highest BCUT2D eigenvalue weighted by atomic mass is 32.1. The number of rotatable bonds is 6. The van der Waals surface area contributed by atoms with E-state index in [1.165, 1.54) is 4.90 Å². The van der Waals surface area contributed by atoms with E-state index in [1.807, 2.05) is 13.8 Å². The maximum Gasteiger partial charge on any atom is 0.341 e. The lowest BCUT2D eigenvalue weighted by molar-refractivity contribution is -0.116. The van der Waals surface area contributed by atoms with E-state index in [9.17, 15) is 14.4 Å². The van der Waals surface area contributed by atoms with Crippen LogP contribution in [0.1, 0.15) is 52.8 Å². The van der Waals surface area contributed by atoms with Crippen LogP contribution in [0.25, 0.3) is 0 Å². The van der Waals surface area contributed by atoms with Crippen LogP contribution in [0.4, 0.5) is 5.00 Å². The van der Waals surface area contributed by atoms with Crippen LogP contribution in [0, 0.1) is 12.8 Å². The standard InChI is InChI=1S/C16H24N2O4S/c1-7-22-16(21)12-10(4)13(15(20)18(5)6)23-14(12)17-11(19)8-9(2)3/h9H,7-8H2,1-6H3,(H,17,19). The maximum atomic E-state index is 12.2. The van der Waals surface area contributed by atoms with Crippen molar-refractivity contribution in [2.75, 3.05) is 26.0 Å². The number of anilines is 1. The van der Waals surface area contributed by atoms with E-state index in [4.69, 9.17) is 4.74 Å². The SMILES string of the molecule is CCOC(=O)c1c(NC(=O)CC(C)C)sc(C(=O)N(C)C)c1C. The summed E-state index contributed by atoms with van der Waals surface area (Å²) in [6.07, 6.45) is 0.343. The molecule has 1 rings (SSSR count). The lowest BCUT2D eigenvalue weighted by Crippen LogP contribution is -2.21. The van der Waals surface area contributed by atoms with Crippen LogP contribution in [0.5, 0.6) is 0 Å². The van der Waals surface area contributed by atoms with Crippen LogP contribution in [0.3, 0.4) is 0 Å². The smallest absolute Gasteiger partial charge is 0.341 e. The minimum atomic E-state index is -0.529. The summed E-state index contributed by atoms with van der Waals surface area (Å²) in [5.41, 5.74) is 0.797. The number of esters is 1. The number of carbonyl (C=O) groups excluding carboxylic acids is 3. The van der Waals surface area contributed by atoms with Crippen LogP contribution >= 0.6 is 11.3 Å². The quantitative estimate of drug-likeness (QED) is 0.808. The predicted molar refractivity (Wildman–Crippen MR) is 91.1 cm³/mol. The highest BCUT2D eigenvalue weighted by Gasteiger charge is 2.27. The summed E-state index contributed by atoms with van der Waals surface area (Å²) in [6, 6.07) is 0. The van der Waals surface area contributed by atoms with Gasteiger partial charge in [-0.15, -0.1) is 11.3 Å². The zero-order valence-electron chi connectivity index (χ0n) is 14.5. The first-order valence-corrected chi connectivity index (χ1v) is 8.32. The third-order valence-electron chi connectivity index (χ3n) is 3.07. The Morgan fingerprint density at radius 1 is 1.26 bits per heavy atom. The molecule has 23 heavy (non-hydrogen) atoms. The molecule has 1 aromatic heterocycles. The maximum absolute atomic E-state index is 12.2. The molecule has 0 atom stereocenters. The molecule has 0 aromatic carbocycles. The third kappa shape index (κ3) is 4.79. The number of hydrogen-bond acceptors (Lipinski definition) is 5. The second kappa shape index (κ2) is 8.10. The van der Waals surface area contributed by atoms with Crippen molar-refractivity contribution >= 4 is 34.1 Å². The van der Waals surface area contributed by atoms with Gasteiger partial charge in [0.25, 0.3) is 5.91 Å². The van der Waals surface area contributed by atoms with Crippen LogP contribution in [0.2, 0.25) is 0 Å². The molecule has 0 spiro atoms. The van der Waals surface area contributed by atoms with Gasteiger partial charge in [0.1, 0.15) is 5.00 Å². The van der Waals surface area contributed by atoms with Gasteiger partial charge in [0.05, 0.1) is 17.0 Å². The Labute approximate surface area is 140 Å². The molecule has 1 aromatic rings. The van der Waals surface area contributed by atoms with Crippen molar-refractivity contribution in [3.8, 4) is 0 Å². The number of nitrogens with zero attached hydrogens (tertiary/aromatic N) is 1. The van der Waals surface area contributed by atoms with Crippen molar-refractivity contribution in [3.05, 3.63) is 16.0 Å². The molecule has 1 N–H and O–H groups in total. The molecule has 2 amide bonds. The second-order valence-electron chi connectivity index (χ2n) is 5.83. The van der Waals surface area contributed by atoms with Crippen molar-refractivity contribution < 1.29 is 19.1 Å². The van der Waals surface area contributed by atoms with Gasteiger partial charge in [0.15, 0.2) is 0 Å². The van der Waals surface area contributed by atoms with E-state index in [-0.39, 0.29) is 29.9 Å². The molecule has 0 radical (unpaired) electrons. The number of thiophene rings is 1. The zero-order chi connectivity index (χ0) is 17.7. The first kappa shape index (κ1) is 19.2. The Hall–Kier alpha value is -1.89. The van der Waals surface area contributed by atoms with Gasteiger partial charge in [-0.05, 0) is 25.3 Å². The predicted octanol–water partition coefficient (Wildman–Crippen LogP) is 2.92. The number of nitrogens with one attached hydrogen (secondary N) is 1. The normalized spacial score (nSPS) is 10.6. The number of hydrogen-bond donors (Lipinski definition) is 1. The minimum absolute atomic E-state index is 0.185. The highest BCUT2D eigenvalue weighted by molar-refractivity contribution is 7.18. The number of amides is 2. The summed E-state index contributed by atoms with van der Waals surface area (Å²) in [5.74, 6) is -0.720. The molecule has 1 heterocycles. The lowest BCUT2D eigenvalue weighted by Gasteiger charge is -2.09. The second-order valence-corrected chi connectivity index (χ2v) is 6.85. The molecule has 128 valence electrons. The Balaban J connectivity index is 3.25. The first-order chi connectivity index (χ1) is 10.7. The molecule has 0 aliphatic carbocycles. The van der Waals surface area contributed by atoms with Crippen LogP contribution in [-0.4, -0.2) is 43.4 Å². The monoisotopic (exact) mass is 340 g/mol. The fourth-order valence-electron chi connectivity index (χ4n) is 2.01. The van der Waals surface area contributed by atoms with Gasteiger partial charge < -0.3 is 15.0 Å². The molecular weight excluding hydrogens is 316 g/mol. The van der Waals surface area contributed by atoms with Gasteiger partial charge in [0.2, 0.25) is 5.91 Å². The summed E-state index contributed by atoms with van der Waals surface area (Å²) in [6.45, 7) is 7.50. The molecular formula is C16H24N2O4S. The fourth-order valence-corrected chi connectivity index (χ4v) is 3.24. The van der Waals surface area contributed by atoms with Gasteiger partial charge in [-0.1, -0.05) is 13.8 Å². The van der Waals surface area contributed by atoms with Gasteiger partial charge >= 0.3 is 5.97 Å². The molecule has 0 saturated heterocycles. The zero-order valence-corrected chi connectivity index (χ0v) is 15.3. The van der Waals surface area contributed by atoms with E-state index in [2.05, 4.69) is 5.32 Å². The van der Waals surface area contributed by atoms with E-state index in [0.717, 1.165) is 11.3 Å². The Kier molecular flexibility index (Phi) is 6.75. The molecule has 0 saturated carbocycles. The van der Waals surface area contributed by atoms with Gasteiger partial charge in [-0.2, -0.15) is 0 Å². The van der Waals surface area contributed by atoms with Gasteiger partial charge in [-0.25, -0.2) is 4.79 Å². The van der Waals surface area contributed by atoms with Crippen molar-refractivity contribution in [2.45, 2.75) is 34.1 Å². The molecule has 0 unspecified atom stereocenters. The molecule has 0 aliphatic heterocycles. The average Bonchev–Trinajstić information content (AvgIpc) is 2.73. The lowest BCUT2D eigenvalue weighted by atomic mass is 10.1. The summed E-state index contributed by atoms with van der Waals surface area (Å²) >= 11 is 1.11. The van der Waals surface area contributed by atoms with E-state index < -0.39 is 5.97 Å². The third-order valence-corrected chi connectivity index (χ3v) is 4.27. The van der Waals surface area contributed by atoms with Crippen LogP contribution in [-0.2, 0) is 9.53 Å². The largest absolute Gasteiger partial charge is 0.462 e. The van der Waals surface area contributed by atoms with Crippen molar-refractivity contribution in [3.63, 3.8) is 0 Å². The average molecular weight is 340 g/mol. The van der Waals surface area contributed by atoms with Crippen molar-refractivity contribution in [1.29, 1.82) is 0 Å². The summed E-state index contributed by atoms with van der Waals surface area (Å²) < 4.78 is 5.06. The molecule has 0 bridgehead atoms. The topological polar surface area (TPSA) is 75.7 Å².